The molecule has 0 saturated heterocycles. The molecule has 11 heteroatoms. The number of benzene rings is 3. The maximum atomic E-state index is 14.3. The molecule has 0 saturated carbocycles. The molecule has 0 bridgehead atoms. The molecule has 4 aromatic rings. The Balaban J connectivity index is 1.54. The monoisotopic (exact) mass is 560 g/mol. The Morgan fingerprint density at radius 3 is 2.41 bits per heavy atom. The number of thiol groups is 1. The number of amides is 1. The van der Waals surface area contributed by atoms with Gasteiger partial charge in [-0.2, -0.15) is 0 Å². The molecule has 1 aromatic heterocycles. The highest BCUT2D eigenvalue weighted by Gasteiger charge is 2.23. The number of hydrogen-bond acceptors (Lipinski definition) is 5. The molecule has 1 amide bonds. The van der Waals surface area contributed by atoms with Gasteiger partial charge in [-0.1, -0.05) is 47.5 Å². The lowest BCUT2D eigenvalue weighted by Crippen LogP contribution is -2.42. The van der Waals surface area contributed by atoms with Crippen molar-refractivity contribution in [1.82, 2.24) is 10.3 Å². The summed E-state index contributed by atoms with van der Waals surface area (Å²) < 4.78 is 36.1. The molecule has 3 aromatic carbocycles. The number of carboxylic acids is 1. The zero-order valence-corrected chi connectivity index (χ0v) is 21.4. The molecule has 0 spiro atoms. The van der Waals surface area contributed by atoms with Crippen LogP contribution in [0.3, 0.4) is 0 Å². The van der Waals surface area contributed by atoms with E-state index < -0.39 is 34.4 Å². The number of nitrogens with one attached hydrogen (secondary N) is 1. The molecule has 37 heavy (non-hydrogen) atoms. The van der Waals surface area contributed by atoms with Gasteiger partial charge in [-0.05, 0) is 53.6 Å². The van der Waals surface area contributed by atoms with Crippen LogP contribution in [0.4, 0.5) is 4.39 Å². The van der Waals surface area contributed by atoms with E-state index in [9.17, 15) is 27.5 Å². The van der Waals surface area contributed by atoms with Gasteiger partial charge in [0.15, 0.2) is 0 Å². The summed E-state index contributed by atoms with van der Waals surface area (Å²) in [6.45, 7) is 0. The van der Waals surface area contributed by atoms with Crippen molar-refractivity contribution < 1.29 is 27.5 Å². The molecule has 2 N–H and O–H groups in total. The van der Waals surface area contributed by atoms with Crippen molar-refractivity contribution in [2.24, 2.45) is 0 Å². The van der Waals surface area contributed by atoms with Crippen LogP contribution < -0.4 is 5.32 Å². The van der Waals surface area contributed by atoms with Gasteiger partial charge < -0.3 is 10.4 Å². The first-order valence-corrected chi connectivity index (χ1v) is 13.0. The molecule has 190 valence electrons. The van der Waals surface area contributed by atoms with Crippen molar-refractivity contribution in [3.8, 4) is 11.3 Å². The fraction of sp³-hybridized carbons (Fsp3) is 0.115. The van der Waals surface area contributed by atoms with Crippen molar-refractivity contribution in [1.29, 1.82) is 0 Å². The number of rotatable bonds is 8. The average Bonchev–Trinajstić information content (AvgIpc) is 2.83. The maximum absolute atomic E-state index is 14.3. The molecule has 1 atom stereocenters. The van der Waals surface area contributed by atoms with Crippen molar-refractivity contribution in [2.45, 2.75) is 18.2 Å². The van der Waals surface area contributed by atoms with Crippen molar-refractivity contribution in [3.05, 3.63) is 99.3 Å². The highest BCUT2D eigenvalue weighted by molar-refractivity contribution is 7.71. The minimum absolute atomic E-state index is 0.0125. The topological polar surface area (TPSA) is 113 Å². The third kappa shape index (κ3) is 6.25. The van der Waals surface area contributed by atoms with Crippen LogP contribution in [0.25, 0.3) is 22.2 Å². The second-order valence-electron chi connectivity index (χ2n) is 8.19. The van der Waals surface area contributed by atoms with Crippen LogP contribution in [0, 0.1) is 5.82 Å². The zero-order valence-electron chi connectivity index (χ0n) is 19.0. The Kier molecular flexibility index (Phi) is 8.06. The van der Waals surface area contributed by atoms with Gasteiger partial charge in [0.2, 0.25) is 0 Å². The Hall–Kier alpha value is -3.53. The Morgan fingerprint density at radius 2 is 1.73 bits per heavy atom. The average molecular weight is 561 g/mol. The zero-order chi connectivity index (χ0) is 26.7. The normalized spacial score (nSPS) is 12.0. The van der Waals surface area contributed by atoms with E-state index in [1.54, 1.807) is 36.4 Å². The largest absolute Gasteiger partial charge is 0.480 e. The van der Waals surface area contributed by atoms with E-state index in [4.69, 9.17) is 23.2 Å². The second-order valence-corrected chi connectivity index (χ2v) is 9.99. The first-order chi connectivity index (χ1) is 17.6. The summed E-state index contributed by atoms with van der Waals surface area (Å²) in [6.07, 6.45) is -0.0235. The highest BCUT2D eigenvalue weighted by Crippen LogP contribution is 2.30. The van der Waals surface area contributed by atoms with Crippen LogP contribution >= 0.6 is 23.2 Å². The van der Waals surface area contributed by atoms with E-state index >= 15 is 0 Å². The van der Waals surface area contributed by atoms with E-state index in [2.05, 4.69) is 10.3 Å². The molecule has 0 radical (unpaired) electrons. The number of hydrogen-bond donors (Lipinski definition) is 3. The molecule has 0 aliphatic rings. The number of fused-ring (bicyclic) bond motifs is 1. The number of carbonyl (C=O) groups excluding carboxylic acids is 1. The summed E-state index contributed by atoms with van der Waals surface area (Å²) in [6, 6.07) is 15.7. The van der Waals surface area contributed by atoms with E-state index in [1.165, 1.54) is 30.3 Å². The summed E-state index contributed by atoms with van der Waals surface area (Å²) in [7, 11) is -2.66. The highest BCUT2D eigenvalue weighted by atomic mass is 35.5. The van der Waals surface area contributed by atoms with E-state index in [0.717, 1.165) is 0 Å². The predicted octanol–water partition coefficient (Wildman–Crippen LogP) is 4.88. The smallest absolute Gasteiger partial charge is 0.326 e. The fourth-order valence-corrected chi connectivity index (χ4v) is 4.89. The molecule has 0 fully saturated rings. The summed E-state index contributed by atoms with van der Waals surface area (Å²) in [4.78, 5) is 29.1. The summed E-state index contributed by atoms with van der Waals surface area (Å²) in [5.74, 6) is -2.66. The number of carboxylic acid groups (broad SMARTS) is 1. The number of halogens is 3. The lowest BCUT2D eigenvalue weighted by molar-refractivity contribution is -0.139. The van der Waals surface area contributed by atoms with Gasteiger partial charge in [-0.15, -0.1) is 0 Å². The summed E-state index contributed by atoms with van der Waals surface area (Å²) in [5.41, 5.74) is 2.18. The van der Waals surface area contributed by atoms with E-state index in [1.807, 2.05) is 0 Å². The van der Waals surface area contributed by atoms with Gasteiger partial charge in [-0.25, -0.2) is 22.6 Å². The summed E-state index contributed by atoms with van der Waals surface area (Å²) in [5, 5.41) is 13.1. The van der Waals surface area contributed by atoms with Gasteiger partial charge in [-0.3, -0.25) is 4.79 Å². The van der Waals surface area contributed by atoms with Gasteiger partial charge in [0, 0.05) is 11.8 Å². The molecule has 0 aliphatic carbocycles. The number of aliphatic carboxylic acids is 1. The minimum Gasteiger partial charge on any atom is -0.480 e. The van der Waals surface area contributed by atoms with Crippen LogP contribution in [-0.4, -0.2) is 36.4 Å². The van der Waals surface area contributed by atoms with Crippen LogP contribution in [0.15, 0.2) is 66.7 Å². The third-order valence-electron chi connectivity index (χ3n) is 5.61. The van der Waals surface area contributed by atoms with E-state index in [-0.39, 0.29) is 33.3 Å². The van der Waals surface area contributed by atoms with E-state index in [0.29, 0.717) is 27.7 Å². The van der Waals surface area contributed by atoms with Crippen molar-refractivity contribution in [3.63, 3.8) is 0 Å². The molecule has 1 heterocycles. The fourth-order valence-electron chi connectivity index (χ4n) is 3.85. The van der Waals surface area contributed by atoms with Crippen molar-refractivity contribution >= 4 is 56.7 Å². The molecule has 4 rings (SSSR count). The Morgan fingerprint density at radius 1 is 0.973 bits per heavy atom. The molecule has 0 aliphatic heterocycles. The quantitative estimate of drug-likeness (QED) is 0.264. The lowest BCUT2D eigenvalue weighted by Gasteiger charge is -2.16. The van der Waals surface area contributed by atoms with Crippen LogP contribution in [0.5, 0.6) is 0 Å². The standard InChI is InChI=1S/C26H19Cl2FN2O5S/c27-18-2-1-3-20(29)24(18)22-9-6-16-10-14(5-8-21(16)30-22)12-23(26(33)34)31-25(32)17-7-4-15(11-19(17)28)13-37(35)36/h1-11,23,37H,12-13H2,(H,31,32)(H,33,34)/t23-/m0/s1. The lowest BCUT2D eigenvalue weighted by atomic mass is 10.0. The van der Waals surface area contributed by atoms with Gasteiger partial charge in [0.05, 0.1) is 38.1 Å². The molecular formula is C26H19Cl2FN2O5S. The minimum atomic E-state index is -2.66. The second kappa shape index (κ2) is 11.2. The molecular weight excluding hydrogens is 542 g/mol. The SMILES string of the molecule is O=C(N[C@@H](Cc1ccc2nc(-c3c(F)cccc3Cl)ccc2c1)C(=O)O)c1ccc(C[SH](=O)=O)cc1Cl. The number of nitrogens with zero attached hydrogens (tertiary/aromatic N) is 1. The Bertz CT molecular complexity index is 1580. The van der Waals surface area contributed by atoms with Crippen molar-refractivity contribution in [2.75, 3.05) is 0 Å². The van der Waals surface area contributed by atoms with Crippen LogP contribution in [0.2, 0.25) is 10.0 Å². The van der Waals surface area contributed by atoms with Gasteiger partial charge in [0.1, 0.15) is 22.6 Å². The number of aromatic nitrogens is 1. The van der Waals surface area contributed by atoms with Gasteiger partial charge in [0.25, 0.3) is 5.91 Å². The van der Waals surface area contributed by atoms with Crippen LogP contribution in [-0.2, 0) is 27.7 Å². The summed E-state index contributed by atoms with van der Waals surface area (Å²) >= 11 is 12.3. The molecule has 7 nitrogen and oxygen atoms in total. The predicted molar refractivity (Wildman–Crippen MR) is 140 cm³/mol. The first kappa shape index (κ1) is 26.5. The first-order valence-electron chi connectivity index (χ1n) is 10.9. The maximum Gasteiger partial charge on any atom is 0.326 e. The van der Waals surface area contributed by atoms with Crippen LogP contribution in [0.1, 0.15) is 21.5 Å². The number of pyridine rings is 1. The molecule has 0 unspecified atom stereocenters. The third-order valence-corrected chi connectivity index (χ3v) is 6.86. The Labute approximate surface area is 222 Å². The van der Waals surface area contributed by atoms with Gasteiger partial charge >= 0.3 is 5.97 Å². The number of carbonyl (C=O) groups is 2.